The van der Waals surface area contributed by atoms with E-state index in [0.717, 1.165) is 39.6 Å². The van der Waals surface area contributed by atoms with Crippen LogP contribution in [0.3, 0.4) is 0 Å². The lowest BCUT2D eigenvalue weighted by molar-refractivity contribution is 0.125. The van der Waals surface area contributed by atoms with Crippen molar-refractivity contribution >= 4 is 23.1 Å². The van der Waals surface area contributed by atoms with Crippen molar-refractivity contribution in [2.75, 3.05) is 4.90 Å². The highest BCUT2D eigenvalue weighted by Crippen LogP contribution is 2.59. The van der Waals surface area contributed by atoms with E-state index < -0.39 is 5.54 Å². The van der Waals surface area contributed by atoms with Crippen LogP contribution in [-0.4, -0.2) is 16.4 Å². The summed E-state index contributed by atoms with van der Waals surface area (Å²) in [6.45, 7) is 18.1. The molecule has 1 aromatic heterocycles. The molecule has 2 atom stereocenters. The van der Waals surface area contributed by atoms with Crippen molar-refractivity contribution in [1.29, 1.82) is 0 Å². The van der Waals surface area contributed by atoms with Gasteiger partial charge in [0.15, 0.2) is 6.10 Å². The average molecular weight is 710 g/mol. The molecule has 1 aliphatic carbocycles. The monoisotopic (exact) mass is 709 g/mol. The van der Waals surface area contributed by atoms with E-state index in [1.165, 1.54) is 27.8 Å². The Morgan fingerprint density at radius 2 is 1.31 bits per heavy atom. The topological polar surface area (TPSA) is 47.0 Å². The number of rotatable bonds is 5. The summed E-state index contributed by atoms with van der Waals surface area (Å²) in [5.74, 6) is 2.99. The summed E-state index contributed by atoms with van der Waals surface area (Å²) in [5.41, 5.74) is 10.5. The summed E-state index contributed by atoms with van der Waals surface area (Å²) in [6, 6.07) is 44.9. The Hall–Kier alpha value is -5.68. The van der Waals surface area contributed by atoms with Gasteiger partial charge in [0.1, 0.15) is 22.9 Å². The zero-order valence-electron chi connectivity index (χ0n) is 32.4. The lowest BCUT2D eigenvalue weighted by Gasteiger charge is -2.41. The average Bonchev–Trinajstić information content (AvgIpc) is 3.60. The van der Waals surface area contributed by atoms with Crippen LogP contribution in [0.15, 0.2) is 139 Å². The zero-order valence-corrected chi connectivity index (χ0v) is 32.4. The van der Waals surface area contributed by atoms with Crippen molar-refractivity contribution in [3.05, 3.63) is 167 Å². The molecule has 3 heterocycles. The summed E-state index contributed by atoms with van der Waals surface area (Å²) >= 11 is 0. The maximum Gasteiger partial charge on any atom is 0.217 e. The van der Waals surface area contributed by atoms with Crippen LogP contribution >= 0.6 is 0 Å². The van der Waals surface area contributed by atoms with Crippen molar-refractivity contribution in [3.8, 4) is 22.6 Å². The molecule has 2 aliphatic heterocycles. The van der Waals surface area contributed by atoms with Gasteiger partial charge in [0, 0.05) is 28.7 Å². The highest BCUT2D eigenvalue weighted by Gasteiger charge is 2.60. The predicted molar refractivity (Wildman–Crippen MR) is 220 cm³/mol. The van der Waals surface area contributed by atoms with E-state index in [4.69, 9.17) is 19.5 Å². The Morgan fingerprint density at radius 3 is 2.09 bits per heavy atom. The minimum absolute atomic E-state index is 0.0237. The molecule has 0 radical (unpaired) electrons. The van der Waals surface area contributed by atoms with Crippen molar-refractivity contribution in [1.82, 2.24) is 4.98 Å². The normalized spacial score (nSPS) is 20.3. The predicted octanol–water partition coefficient (Wildman–Crippen LogP) is 12.5. The second-order valence-corrected chi connectivity index (χ2v) is 17.3. The lowest BCUT2D eigenvalue weighted by atomic mass is 9.73. The molecule has 6 aromatic rings. The van der Waals surface area contributed by atoms with Crippen molar-refractivity contribution in [2.24, 2.45) is 4.99 Å². The minimum Gasteiger partial charge on any atom is -0.467 e. The Labute approximate surface area is 319 Å². The summed E-state index contributed by atoms with van der Waals surface area (Å²) < 4.78 is 13.7. The van der Waals surface area contributed by atoms with Gasteiger partial charge in [-0.1, -0.05) is 127 Å². The van der Waals surface area contributed by atoms with Gasteiger partial charge in [0.05, 0.1) is 11.4 Å². The van der Waals surface area contributed by atoms with Gasteiger partial charge >= 0.3 is 0 Å². The summed E-state index contributed by atoms with van der Waals surface area (Å²) in [7, 11) is 0. The number of para-hydroxylation sites is 1. The fourth-order valence-corrected chi connectivity index (χ4v) is 8.79. The molecule has 0 saturated heterocycles. The molecule has 0 saturated carbocycles. The summed E-state index contributed by atoms with van der Waals surface area (Å²) in [6.07, 6.45) is 1.77. The fraction of sp³-hybridized carbons (Fsp3) is 0.265. The van der Waals surface area contributed by atoms with E-state index in [0.29, 0.717) is 11.6 Å². The zero-order chi connectivity index (χ0) is 37.6. The van der Waals surface area contributed by atoms with Gasteiger partial charge in [-0.15, -0.1) is 0 Å². The number of benzene rings is 5. The first kappa shape index (κ1) is 34.1. The smallest absolute Gasteiger partial charge is 0.217 e. The molecule has 0 unspecified atom stereocenters. The van der Waals surface area contributed by atoms with Crippen LogP contribution in [0.2, 0.25) is 0 Å². The van der Waals surface area contributed by atoms with Crippen molar-refractivity contribution in [3.63, 3.8) is 0 Å². The van der Waals surface area contributed by atoms with Crippen molar-refractivity contribution in [2.45, 2.75) is 83.3 Å². The molecule has 54 heavy (non-hydrogen) atoms. The van der Waals surface area contributed by atoms with Crippen LogP contribution < -0.4 is 9.64 Å². The molecule has 9 rings (SSSR count). The number of ether oxygens (including phenoxy) is 2. The number of nitrogens with zero attached hydrogens (tertiary/aromatic N) is 3. The lowest BCUT2D eigenvalue weighted by Crippen LogP contribution is -2.40. The summed E-state index contributed by atoms with van der Waals surface area (Å²) in [4.78, 5) is 12.6. The van der Waals surface area contributed by atoms with Crippen LogP contribution in [0, 0.1) is 0 Å². The fourth-order valence-electron chi connectivity index (χ4n) is 8.79. The highest BCUT2D eigenvalue weighted by molar-refractivity contribution is 5.98. The number of hydrogen-bond acceptors (Lipinski definition) is 5. The molecule has 270 valence electrons. The molecule has 3 aliphatic rings. The Kier molecular flexibility index (Phi) is 7.52. The first-order valence-electron chi connectivity index (χ1n) is 19.0. The number of pyridine rings is 1. The van der Waals surface area contributed by atoms with Crippen molar-refractivity contribution < 1.29 is 9.47 Å². The van der Waals surface area contributed by atoms with E-state index in [2.05, 4.69) is 182 Å². The Morgan fingerprint density at radius 1 is 0.630 bits per heavy atom. The van der Waals surface area contributed by atoms with E-state index in [-0.39, 0.29) is 22.3 Å². The van der Waals surface area contributed by atoms with Gasteiger partial charge in [-0.2, -0.15) is 0 Å². The number of aromatic nitrogens is 1. The standard InChI is InChI=1S/C49H47N3O2/c1-46(2,3)34-24-25-50-43(29-34)52-41-21-15-14-20-39(41)47(4,5)40-23-22-35(30-42(40)52)53-36-27-32(31-16-10-9-11-17-31)26-33(28-36)45-51-49(8)44(54-45)37-18-12-13-19-38(37)48(49,6)7/h9-30,44H,1-8H3/t44-,49-/m0/s1. The third-order valence-electron chi connectivity index (χ3n) is 12.3. The molecule has 0 amide bonds. The molecular formula is C49H47N3O2. The second kappa shape index (κ2) is 11.9. The quantitative estimate of drug-likeness (QED) is 0.179. The molecule has 0 spiro atoms. The Balaban J connectivity index is 1.15. The number of anilines is 3. The SMILES string of the molecule is CC(C)(C)c1ccnc(N2c3ccccc3C(C)(C)c3ccc(Oc4cc(C5=N[C@@]6(C)[C@@H](O5)c5ccccc5C6(C)C)cc(-c5ccccc5)c4)cc32)c1. The molecular weight excluding hydrogens is 663 g/mol. The molecule has 5 nitrogen and oxygen atoms in total. The van der Waals surface area contributed by atoms with Gasteiger partial charge in [-0.25, -0.2) is 9.98 Å². The number of hydrogen-bond donors (Lipinski definition) is 0. The van der Waals surface area contributed by atoms with Gasteiger partial charge in [-0.3, -0.25) is 4.90 Å². The second-order valence-electron chi connectivity index (χ2n) is 17.3. The molecule has 0 fully saturated rings. The molecule has 0 bridgehead atoms. The Bertz CT molecular complexity index is 2470. The number of fused-ring (bicyclic) bond motifs is 5. The third-order valence-corrected chi connectivity index (χ3v) is 12.3. The molecule has 0 N–H and O–H groups in total. The van der Waals surface area contributed by atoms with E-state index in [1.54, 1.807) is 0 Å². The van der Waals surface area contributed by atoms with Crippen LogP contribution in [0.1, 0.15) is 94.9 Å². The van der Waals surface area contributed by atoms with Gasteiger partial charge < -0.3 is 9.47 Å². The van der Waals surface area contributed by atoms with Crippen LogP contribution in [0.4, 0.5) is 17.2 Å². The van der Waals surface area contributed by atoms with Crippen LogP contribution in [0.25, 0.3) is 11.1 Å². The van der Waals surface area contributed by atoms with Gasteiger partial charge in [0.25, 0.3) is 0 Å². The van der Waals surface area contributed by atoms with Crippen LogP contribution in [-0.2, 0) is 21.0 Å². The van der Waals surface area contributed by atoms with E-state index >= 15 is 0 Å². The van der Waals surface area contributed by atoms with E-state index in [1.807, 2.05) is 12.3 Å². The minimum atomic E-state index is -0.445. The van der Waals surface area contributed by atoms with Gasteiger partial charge in [-0.05, 0) is 93.7 Å². The van der Waals surface area contributed by atoms with Gasteiger partial charge in [0.2, 0.25) is 5.90 Å². The first-order chi connectivity index (χ1) is 25.8. The third kappa shape index (κ3) is 5.20. The van der Waals surface area contributed by atoms with Crippen LogP contribution in [0.5, 0.6) is 11.5 Å². The summed E-state index contributed by atoms with van der Waals surface area (Å²) in [5, 5.41) is 0. The molecule has 5 heteroatoms. The highest BCUT2D eigenvalue weighted by atomic mass is 16.5. The maximum absolute atomic E-state index is 6.88. The number of aliphatic imine (C=N–C) groups is 1. The first-order valence-corrected chi connectivity index (χ1v) is 19.0. The molecule has 5 aromatic carbocycles. The van der Waals surface area contributed by atoms with E-state index in [9.17, 15) is 0 Å². The maximum atomic E-state index is 6.88. The largest absolute Gasteiger partial charge is 0.467 e.